The van der Waals surface area contributed by atoms with Crippen LogP contribution < -0.4 is 9.47 Å². The van der Waals surface area contributed by atoms with E-state index in [1.54, 1.807) is 31.3 Å². The van der Waals surface area contributed by atoms with Gasteiger partial charge in [0.1, 0.15) is 6.54 Å². The lowest BCUT2D eigenvalue weighted by Crippen LogP contribution is -2.34. The lowest BCUT2D eigenvalue weighted by molar-refractivity contribution is -0.131. The number of amides is 1. The molecule has 0 aliphatic heterocycles. The van der Waals surface area contributed by atoms with Crippen LogP contribution in [0.5, 0.6) is 11.5 Å². The number of hydrogen-bond donors (Lipinski definition) is 0. The van der Waals surface area contributed by atoms with E-state index in [9.17, 15) is 4.79 Å². The molecule has 0 spiro atoms. The van der Waals surface area contributed by atoms with Crippen molar-refractivity contribution in [2.75, 3.05) is 14.2 Å². The summed E-state index contributed by atoms with van der Waals surface area (Å²) in [5, 5.41) is 3.97. The summed E-state index contributed by atoms with van der Waals surface area (Å²) < 4.78 is 15.7. The average Bonchev–Trinajstić information content (AvgIpc) is 3.00. The smallest absolute Gasteiger partial charge is 0.246 e. The number of aromatic nitrogens is 2. The van der Waals surface area contributed by atoms with Crippen molar-refractivity contribution in [1.82, 2.24) is 15.0 Å². The lowest BCUT2D eigenvalue weighted by Gasteiger charge is -2.23. The summed E-state index contributed by atoms with van der Waals surface area (Å²) in [7, 11) is 3.14. The first-order valence-electron chi connectivity index (χ1n) is 7.28. The van der Waals surface area contributed by atoms with Crippen molar-refractivity contribution in [3.05, 3.63) is 24.1 Å². The first-order valence-corrected chi connectivity index (χ1v) is 7.28. The number of hydrogen-bond acceptors (Lipinski definition) is 6. The normalized spacial score (nSPS) is 10.7. The van der Waals surface area contributed by atoms with Gasteiger partial charge in [0.25, 0.3) is 0 Å². The molecule has 0 unspecified atom stereocenters. The van der Waals surface area contributed by atoms with Gasteiger partial charge in [0, 0.05) is 18.5 Å². The van der Waals surface area contributed by atoms with Crippen LogP contribution in [0, 0.1) is 0 Å². The van der Waals surface area contributed by atoms with E-state index in [-0.39, 0.29) is 18.5 Å². The third kappa shape index (κ3) is 3.80. The monoisotopic (exact) mass is 319 g/mol. The minimum absolute atomic E-state index is 0.0362. The van der Waals surface area contributed by atoms with Crippen LogP contribution in [0.1, 0.15) is 26.7 Å². The van der Waals surface area contributed by atoms with Crippen LogP contribution >= 0.6 is 0 Å². The Bertz CT molecular complexity index is 682. The maximum atomic E-state index is 11.6. The maximum absolute atomic E-state index is 11.6. The van der Waals surface area contributed by atoms with Gasteiger partial charge in [0.15, 0.2) is 11.5 Å². The summed E-state index contributed by atoms with van der Waals surface area (Å²) in [5.41, 5.74) is 0.747. The fraction of sp³-hybridized carbons (Fsp3) is 0.438. The van der Waals surface area contributed by atoms with Gasteiger partial charge >= 0.3 is 0 Å². The van der Waals surface area contributed by atoms with Crippen LogP contribution in [0.4, 0.5) is 0 Å². The van der Waals surface area contributed by atoms with Crippen LogP contribution in [0.3, 0.4) is 0 Å². The van der Waals surface area contributed by atoms with E-state index in [1.165, 1.54) is 6.92 Å². The lowest BCUT2D eigenvalue weighted by atomic mass is 10.2. The number of benzene rings is 1. The topological polar surface area (TPSA) is 77.7 Å². The van der Waals surface area contributed by atoms with Gasteiger partial charge in [-0.3, -0.25) is 4.79 Å². The van der Waals surface area contributed by atoms with Crippen LogP contribution in [0.2, 0.25) is 0 Å². The highest BCUT2D eigenvalue weighted by molar-refractivity contribution is 5.73. The Kier molecular flexibility index (Phi) is 5.20. The molecular weight excluding hydrogens is 298 g/mol. The molecular formula is C16H21N3O4. The molecule has 1 amide bonds. The molecule has 0 aliphatic carbocycles. The third-order valence-corrected chi connectivity index (χ3v) is 3.44. The van der Waals surface area contributed by atoms with Crippen LogP contribution in [-0.2, 0) is 11.3 Å². The number of carbonyl (C=O) groups excluding carboxylic acids is 1. The molecule has 23 heavy (non-hydrogen) atoms. The summed E-state index contributed by atoms with van der Waals surface area (Å²) in [6.45, 7) is 5.68. The molecule has 2 rings (SSSR count). The molecule has 0 bridgehead atoms. The van der Waals surface area contributed by atoms with Gasteiger partial charge in [0.2, 0.25) is 17.6 Å². The van der Waals surface area contributed by atoms with Crippen molar-refractivity contribution in [1.29, 1.82) is 0 Å². The molecule has 124 valence electrons. The largest absolute Gasteiger partial charge is 0.493 e. The Morgan fingerprint density at radius 2 is 1.96 bits per heavy atom. The fourth-order valence-corrected chi connectivity index (χ4v) is 2.21. The van der Waals surface area contributed by atoms with Crippen molar-refractivity contribution >= 4 is 5.91 Å². The van der Waals surface area contributed by atoms with Gasteiger partial charge in [0.05, 0.1) is 14.2 Å². The molecule has 1 heterocycles. The van der Waals surface area contributed by atoms with Crippen LogP contribution in [0.25, 0.3) is 11.4 Å². The van der Waals surface area contributed by atoms with Crippen molar-refractivity contribution in [3.8, 4) is 22.9 Å². The molecule has 7 nitrogen and oxygen atoms in total. The minimum Gasteiger partial charge on any atom is -0.493 e. The number of ether oxygens (including phenoxy) is 2. The van der Waals surface area contributed by atoms with E-state index in [0.717, 1.165) is 5.56 Å². The van der Waals surface area contributed by atoms with Gasteiger partial charge < -0.3 is 18.9 Å². The van der Waals surface area contributed by atoms with Crippen molar-refractivity contribution in [3.63, 3.8) is 0 Å². The van der Waals surface area contributed by atoms with E-state index in [4.69, 9.17) is 14.0 Å². The first-order chi connectivity index (χ1) is 11.0. The molecule has 0 N–H and O–H groups in total. The predicted octanol–water partition coefficient (Wildman–Crippen LogP) is 2.51. The molecule has 1 aromatic heterocycles. The quantitative estimate of drug-likeness (QED) is 0.814. The van der Waals surface area contributed by atoms with Crippen molar-refractivity contribution in [2.45, 2.75) is 33.4 Å². The number of methoxy groups -OCH3 is 2. The van der Waals surface area contributed by atoms with Gasteiger partial charge in [-0.1, -0.05) is 5.16 Å². The van der Waals surface area contributed by atoms with E-state index in [0.29, 0.717) is 23.2 Å². The van der Waals surface area contributed by atoms with E-state index >= 15 is 0 Å². The zero-order valence-electron chi connectivity index (χ0n) is 14.0. The third-order valence-electron chi connectivity index (χ3n) is 3.44. The summed E-state index contributed by atoms with van der Waals surface area (Å²) in [6.07, 6.45) is 0. The van der Waals surface area contributed by atoms with Crippen molar-refractivity contribution < 1.29 is 18.8 Å². The second-order valence-corrected chi connectivity index (χ2v) is 5.32. The maximum Gasteiger partial charge on any atom is 0.246 e. The zero-order chi connectivity index (χ0) is 17.0. The van der Waals surface area contributed by atoms with Gasteiger partial charge in [-0.25, -0.2) is 0 Å². The Morgan fingerprint density at radius 3 is 2.52 bits per heavy atom. The Labute approximate surface area is 135 Å². The van der Waals surface area contributed by atoms with Gasteiger partial charge in [-0.2, -0.15) is 4.98 Å². The van der Waals surface area contributed by atoms with E-state index < -0.39 is 0 Å². The Hall–Kier alpha value is -2.57. The highest BCUT2D eigenvalue weighted by Gasteiger charge is 2.18. The summed E-state index contributed by atoms with van der Waals surface area (Å²) in [6, 6.07) is 5.43. The minimum atomic E-state index is -0.0362. The molecule has 0 atom stereocenters. The van der Waals surface area contributed by atoms with Crippen LogP contribution in [-0.4, -0.2) is 41.2 Å². The molecule has 7 heteroatoms. The van der Waals surface area contributed by atoms with Gasteiger partial charge in [-0.05, 0) is 32.0 Å². The van der Waals surface area contributed by atoms with E-state index in [2.05, 4.69) is 10.1 Å². The predicted molar refractivity (Wildman–Crippen MR) is 84.2 cm³/mol. The highest BCUT2D eigenvalue weighted by Crippen LogP contribution is 2.31. The molecule has 0 aliphatic rings. The molecule has 0 saturated heterocycles. The molecule has 2 aromatic rings. The number of rotatable bonds is 6. The second kappa shape index (κ2) is 7.13. The van der Waals surface area contributed by atoms with Gasteiger partial charge in [-0.15, -0.1) is 0 Å². The zero-order valence-corrected chi connectivity index (χ0v) is 14.0. The highest BCUT2D eigenvalue weighted by atomic mass is 16.5. The van der Waals surface area contributed by atoms with E-state index in [1.807, 2.05) is 19.9 Å². The Balaban J connectivity index is 2.23. The second-order valence-electron chi connectivity index (χ2n) is 5.32. The molecule has 0 radical (unpaired) electrons. The number of nitrogens with zero attached hydrogens (tertiary/aromatic N) is 3. The Morgan fingerprint density at radius 1 is 1.26 bits per heavy atom. The molecule has 0 fully saturated rings. The SMILES string of the molecule is COc1ccc(-c2noc(CN(C(C)=O)C(C)C)n2)cc1OC. The average molecular weight is 319 g/mol. The first kappa shape index (κ1) is 16.8. The standard InChI is InChI=1S/C16H21N3O4/c1-10(2)19(11(3)20)9-15-17-16(18-23-15)12-6-7-13(21-4)14(8-12)22-5/h6-8,10H,9H2,1-5H3. The summed E-state index contributed by atoms with van der Waals surface area (Å²) >= 11 is 0. The van der Waals surface area contributed by atoms with Crippen LogP contribution in [0.15, 0.2) is 22.7 Å². The molecule has 0 saturated carbocycles. The van der Waals surface area contributed by atoms with Crippen molar-refractivity contribution in [2.24, 2.45) is 0 Å². The number of carbonyl (C=O) groups is 1. The summed E-state index contributed by atoms with van der Waals surface area (Å²) in [4.78, 5) is 17.6. The molecule has 1 aromatic carbocycles. The summed E-state index contributed by atoms with van der Waals surface area (Å²) in [5.74, 6) is 2.00. The fourth-order valence-electron chi connectivity index (χ4n) is 2.21.